The maximum atomic E-state index is 11.5. The first-order valence-electron chi connectivity index (χ1n) is 6.90. The van der Waals surface area contributed by atoms with Gasteiger partial charge in [-0.05, 0) is 23.8 Å². The molecule has 0 unspecified atom stereocenters. The highest BCUT2D eigenvalue weighted by atomic mass is 16.5. The lowest BCUT2D eigenvalue weighted by atomic mass is 10.1. The molecule has 0 aliphatic rings. The van der Waals surface area contributed by atoms with Gasteiger partial charge < -0.3 is 15.2 Å². The van der Waals surface area contributed by atoms with E-state index >= 15 is 0 Å². The molecule has 2 aromatic carbocycles. The summed E-state index contributed by atoms with van der Waals surface area (Å²) in [5.41, 5.74) is 1.66. The van der Waals surface area contributed by atoms with Crippen LogP contribution >= 0.6 is 0 Å². The molecule has 5 heteroatoms. The molecule has 0 aliphatic carbocycles. The third-order valence-corrected chi connectivity index (χ3v) is 2.92. The standard InChI is InChI=1S/C18H15NO4/c20-12-16-9-8-14(11-17(16)21)7-4-10-19-18(22)23-13-15-5-2-1-3-6-15/h1-3,5-6,8-9,11-12,21H,10,13H2,(H,19,22). The number of phenolic OH excluding ortho intramolecular Hbond substituents is 1. The van der Waals surface area contributed by atoms with E-state index in [1.807, 2.05) is 30.3 Å². The van der Waals surface area contributed by atoms with Crippen molar-refractivity contribution in [1.29, 1.82) is 0 Å². The van der Waals surface area contributed by atoms with Gasteiger partial charge in [0.1, 0.15) is 12.4 Å². The van der Waals surface area contributed by atoms with Gasteiger partial charge in [0.05, 0.1) is 12.1 Å². The van der Waals surface area contributed by atoms with Crippen molar-refractivity contribution in [2.24, 2.45) is 0 Å². The molecule has 2 rings (SSSR count). The molecular formula is C18H15NO4. The van der Waals surface area contributed by atoms with Gasteiger partial charge in [0.15, 0.2) is 6.29 Å². The summed E-state index contributed by atoms with van der Waals surface area (Å²) in [7, 11) is 0. The largest absolute Gasteiger partial charge is 0.507 e. The van der Waals surface area contributed by atoms with Crippen LogP contribution in [0.2, 0.25) is 0 Å². The van der Waals surface area contributed by atoms with Crippen LogP contribution < -0.4 is 5.32 Å². The Morgan fingerprint density at radius 3 is 2.70 bits per heavy atom. The Bertz CT molecular complexity index is 745. The fourth-order valence-corrected chi connectivity index (χ4v) is 1.76. The summed E-state index contributed by atoms with van der Waals surface area (Å²) in [4.78, 5) is 22.1. The highest BCUT2D eigenvalue weighted by molar-refractivity contribution is 5.79. The number of rotatable bonds is 4. The minimum absolute atomic E-state index is 0.115. The Morgan fingerprint density at radius 1 is 1.22 bits per heavy atom. The molecule has 0 saturated heterocycles. The van der Waals surface area contributed by atoms with Gasteiger partial charge >= 0.3 is 6.09 Å². The number of ether oxygens (including phenoxy) is 1. The molecule has 0 radical (unpaired) electrons. The predicted octanol–water partition coefficient (Wildman–Crippen LogP) is 2.48. The second-order valence-corrected chi connectivity index (χ2v) is 4.61. The molecule has 0 aliphatic heterocycles. The second-order valence-electron chi connectivity index (χ2n) is 4.61. The lowest BCUT2D eigenvalue weighted by Crippen LogP contribution is -2.24. The van der Waals surface area contributed by atoms with Crippen LogP contribution in [0.4, 0.5) is 4.79 Å². The maximum Gasteiger partial charge on any atom is 0.408 e. The summed E-state index contributed by atoms with van der Waals surface area (Å²) in [6.45, 7) is 0.310. The van der Waals surface area contributed by atoms with Crippen LogP contribution in [0.3, 0.4) is 0 Å². The number of nitrogens with one attached hydrogen (secondary N) is 1. The van der Waals surface area contributed by atoms with Crippen LogP contribution in [0.1, 0.15) is 21.5 Å². The monoisotopic (exact) mass is 309 g/mol. The number of aromatic hydroxyl groups is 1. The number of alkyl carbamates (subject to hydrolysis) is 1. The minimum atomic E-state index is -0.553. The van der Waals surface area contributed by atoms with Gasteiger partial charge in [-0.2, -0.15) is 0 Å². The summed E-state index contributed by atoms with van der Waals surface area (Å²) in [5.74, 6) is 5.38. The Hall–Kier alpha value is -3.26. The lowest BCUT2D eigenvalue weighted by molar-refractivity contribution is 0.112. The normalized spacial score (nSPS) is 9.39. The molecule has 0 saturated carbocycles. The van der Waals surface area contributed by atoms with Crippen molar-refractivity contribution in [2.75, 3.05) is 6.54 Å². The molecule has 2 aromatic rings. The first-order valence-corrected chi connectivity index (χ1v) is 6.90. The van der Waals surface area contributed by atoms with Crippen LogP contribution in [-0.4, -0.2) is 24.0 Å². The van der Waals surface area contributed by atoms with Crippen LogP contribution in [0.15, 0.2) is 48.5 Å². The molecule has 0 bridgehead atoms. The molecule has 5 nitrogen and oxygen atoms in total. The minimum Gasteiger partial charge on any atom is -0.507 e. The van der Waals surface area contributed by atoms with Crippen molar-refractivity contribution in [3.8, 4) is 17.6 Å². The number of carbonyl (C=O) groups excluding carboxylic acids is 2. The van der Waals surface area contributed by atoms with E-state index < -0.39 is 6.09 Å². The van der Waals surface area contributed by atoms with E-state index in [1.165, 1.54) is 12.1 Å². The number of hydrogen-bond acceptors (Lipinski definition) is 4. The Kier molecular flexibility index (Phi) is 5.78. The van der Waals surface area contributed by atoms with Crippen LogP contribution in [-0.2, 0) is 11.3 Å². The van der Waals surface area contributed by atoms with E-state index in [0.717, 1.165) is 5.56 Å². The average molecular weight is 309 g/mol. The van der Waals surface area contributed by atoms with Gasteiger partial charge in [0, 0.05) is 5.56 Å². The lowest BCUT2D eigenvalue weighted by Gasteiger charge is -2.04. The fourth-order valence-electron chi connectivity index (χ4n) is 1.76. The van der Waals surface area contributed by atoms with E-state index in [1.54, 1.807) is 6.07 Å². The molecular weight excluding hydrogens is 294 g/mol. The van der Waals surface area contributed by atoms with E-state index in [9.17, 15) is 14.7 Å². The van der Waals surface area contributed by atoms with Crippen LogP contribution in [0.5, 0.6) is 5.75 Å². The molecule has 116 valence electrons. The Balaban J connectivity index is 1.77. The molecule has 0 aromatic heterocycles. The van der Waals surface area contributed by atoms with Gasteiger partial charge in [-0.3, -0.25) is 4.79 Å². The zero-order valence-electron chi connectivity index (χ0n) is 12.3. The number of phenols is 1. The Labute approximate surface area is 133 Å². The Morgan fingerprint density at radius 2 is 2.00 bits per heavy atom. The number of benzene rings is 2. The van der Waals surface area contributed by atoms with E-state index in [-0.39, 0.29) is 24.5 Å². The molecule has 23 heavy (non-hydrogen) atoms. The average Bonchev–Trinajstić information content (AvgIpc) is 2.58. The molecule has 0 fully saturated rings. The summed E-state index contributed by atoms with van der Waals surface area (Å²) in [5, 5.41) is 12.0. The summed E-state index contributed by atoms with van der Waals surface area (Å²) >= 11 is 0. The summed E-state index contributed by atoms with van der Waals surface area (Å²) in [6.07, 6.45) is 0.0129. The van der Waals surface area contributed by atoms with Gasteiger partial charge in [0.25, 0.3) is 0 Å². The van der Waals surface area contributed by atoms with Crippen molar-refractivity contribution in [3.63, 3.8) is 0 Å². The smallest absolute Gasteiger partial charge is 0.408 e. The highest BCUT2D eigenvalue weighted by Crippen LogP contribution is 2.15. The summed E-state index contributed by atoms with van der Waals surface area (Å²) < 4.78 is 5.03. The fraction of sp³-hybridized carbons (Fsp3) is 0.111. The third-order valence-electron chi connectivity index (χ3n) is 2.92. The zero-order chi connectivity index (χ0) is 16.5. The topological polar surface area (TPSA) is 75.6 Å². The van der Waals surface area contributed by atoms with Gasteiger partial charge in [-0.15, -0.1) is 0 Å². The van der Waals surface area contributed by atoms with Crippen molar-refractivity contribution >= 4 is 12.4 Å². The van der Waals surface area contributed by atoms with E-state index in [2.05, 4.69) is 17.2 Å². The molecule has 0 heterocycles. The van der Waals surface area contributed by atoms with Gasteiger partial charge in [0.2, 0.25) is 0 Å². The molecule has 0 atom stereocenters. The second kappa shape index (κ2) is 8.25. The SMILES string of the molecule is O=Cc1ccc(C#CCNC(=O)OCc2ccccc2)cc1O. The van der Waals surface area contributed by atoms with Crippen molar-refractivity contribution < 1.29 is 19.4 Å². The van der Waals surface area contributed by atoms with Crippen LogP contribution in [0.25, 0.3) is 0 Å². The van der Waals surface area contributed by atoms with Crippen molar-refractivity contribution in [2.45, 2.75) is 6.61 Å². The molecule has 1 amide bonds. The molecule has 2 N–H and O–H groups in total. The third kappa shape index (κ3) is 5.21. The number of hydrogen-bond donors (Lipinski definition) is 2. The van der Waals surface area contributed by atoms with Crippen molar-refractivity contribution in [3.05, 3.63) is 65.2 Å². The van der Waals surface area contributed by atoms with Gasteiger partial charge in [-0.25, -0.2) is 4.79 Å². The maximum absolute atomic E-state index is 11.5. The highest BCUT2D eigenvalue weighted by Gasteiger charge is 2.01. The molecule has 0 spiro atoms. The van der Waals surface area contributed by atoms with Crippen LogP contribution in [0, 0.1) is 11.8 Å². The number of carbonyl (C=O) groups is 2. The van der Waals surface area contributed by atoms with E-state index in [0.29, 0.717) is 11.8 Å². The first kappa shape index (κ1) is 16.1. The predicted molar refractivity (Wildman–Crippen MR) is 85.0 cm³/mol. The number of amides is 1. The number of aldehydes is 1. The van der Waals surface area contributed by atoms with E-state index in [4.69, 9.17) is 4.74 Å². The van der Waals surface area contributed by atoms with Crippen molar-refractivity contribution in [1.82, 2.24) is 5.32 Å². The van der Waals surface area contributed by atoms with Gasteiger partial charge in [-0.1, -0.05) is 42.2 Å². The summed E-state index contributed by atoms with van der Waals surface area (Å²) in [6, 6.07) is 13.8. The quantitative estimate of drug-likeness (QED) is 0.672. The first-order chi connectivity index (χ1) is 11.2. The zero-order valence-corrected chi connectivity index (χ0v) is 12.3.